The maximum atomic E-state index is 4.96. The molecule has 18 heavy (non-hydrogen) atoms. The lowest BCUT2D eigenvalue weighted by atomic mass is 10.3. The molecule has 0 radical (unpaired) electrons. The molecule has 7 heteroatoms. The maximum absolute atomic E-state index is 4.96. The molecule has 0 aliphatic rings. The Labute approximate surface area is 113 Å². The SMILES string of the molecule is COCCNCc1nnnn1-c1ccc(Br)cc1. The zero-order valence-electron chi connectivity index (χ0n) is 10.0. The highest BCUT2D eigenvalue weighted by Crippen LogP contribution is 2.13. The summed E-state index contributed by atoms with van der Waals surface area (Å²) in [6.07, 6.45) is 0. The predicted molar refractivity (Wildman–Crippen MR) is 70.4 cm³/mol. The van der Waals surface area contributed by atoms with Gasteiger partial charge in [0.1, 0.15) is 0 Å². The highest BCUT2D eigenvalue weighted by molar-refractivity contribution is 9.10. The van der Waals surface area contributed by atoms with Crippen molar-refractivity contribution in [3.8, 4) is 5.69 Å². The van der Waals surface area contributed by atoms with Gasteiger partial charge < -0.3 is 10.1 Å². The number of aromatic nitrogens is 4. The molecule has 0 aliphatic carbocycles. The van der Waals surface area contributed by atoms with Gasteiger partial charge in [-0.05, 0) is 34.7 Å². The van der Waals surface area contributed by atoms with E-state index >= 15 is 0 Å². The van der Waals surface area contributed by atoms with E-state index in [1.54, 1.807) is 11.8 Å². The van der Waals surface area contributed by atoms with Crippen LogP contribution < -0.4 is 5.32 Å². The molecule has 0 amide bonds. The van der Waals surface area contributed by atoms with Crippen molar-refractivity contribution in [2.24, 2.45) is 0 Å². The molecule has 0 bridgehead atoms. The fraction of sp³-hybridized carbons (Fsp3) is 0.364. The average Bonchev–Trinajstić information content (AvgIpc) is 2.84. The summed E-state index contributed by atoms with van der Waals surface area (Å²) in [6, 6.07) is 7.83. The van der Waals surface area contributed by atoms with Crippen LogP contribution in [0.3, 0.4) is 0 Å². The minimum Gasteiger partial charge on any atom is -0.383 e. The van der Waals surface area contributed by atoms with E-state index in [0.717, 1.165) is 22.5 Å². The summed E-state index contributed by atoms with van der Waals surface area (Å²) in [4.78, 5) is 0. The van der Waals surface area contributed by atoms with Crippen LogP contribution in [-0.2, 0) is 11.3 Å². The number of tetrazole rings is 1. The summed E-state index contributed by atoms with van der Waals surface area (Å²) in [5.74, 6) is 0.772. The molecule has 0 saturated heterocycles. The quantitative estimate of drug-likeness (QED) is 0.811. The molecule has 0 aliphatic heterocycles. The van der Waals surface area contributed by atoms with Crippen LogP contribution in [0, 0.1) is 0 Å². The van der Waals surface area contributed by atoms with Crippen molar-refractivity contribution in [2.45, 2.75) is 6.54 Å². The summed E-state index contributed by atoms with van der Waals surface area (Å²) < 4.78 is 7.70. The molecule has 1 aromatic heterocycles. The number of nitrogens with one attached hydrogen (secondary N) is 1. The van der Waals surface area contributed by atoms with E-state index in [2.05, 4.69) is 36.8 Å². The number of ether oxygens (including phenoxy) is 1. The number of hydrogen-bond acceptors (Lipinski definition) is 5. The van der Waals surface area contributed by atoms with Gasteiger partial charge in [-0.3, -0.25) is 0 Å². The molecule has 0 saturated carbocycles. The molecule has 0 atom stereocenters. The normalized spacial score (nSPS) is 10.8. The molecule has 1 heterocycles. The summed E-state index contributed by atoms with van der Waals surface area (Å²) in [6.45, 7) is 2.04. The second-order valence-electron chi connectivity index (χ2n) is 3.65. The Kier molecular flexibility index (Phi) is 4.80. The van der Waals surface area contributed by atoms with Gasteiger partial charge >= 0.3 is 0 Å². The Morgan fingerprint density at radius 2 is 2.11 bits per heavy atom. The molecular weight excluding hydrogens is 298 g/mol. The van der Waals surface area contributed by atoms with Crippen LogP contribution in [0.25, 0.3) is 5.69 Å². The minimum absolute atomic E-state index is 0.604. The first-order chi connectivity index (χ1) is 8.81. The monoisotopic (exact) mass is 311 g/mol. The zero-order valence-corrected chi connectivity index (χ0v) is 11.6. The van der Waals surface area contributed by atoms with E-state index in [1.165, 1.54) is 0 Å². The van der Waals surface area contributed by atoms with Gasteiger partial charge in [0.15, 0.2) is 5.82 Å². The molecule has 6 nitrogen and oxygen atoms in total. The molecule has 2 rings (SSSR count). The van der Waals surface area contributed by atoms with E-state index in [1.807, 2.05) is 24.3 Å². The van der Waals surface area contributed by atoms with Gasteiger partial charge in [0, 0.05) is 18.1 Å². The van der Waals surface area contributed by atoms with Crippen molar-refractivity contribution in [2.75, 3.05) is 20.3 Å². The van der Waals surface area contributed by atoms with Gasteiger partial charge in [-0.2, -0.15) is 4.68 Å². The third-order valence-corrected chi connectivity index (χ3v) is 2.90. The van der Waals surface area contributed by atoms with Crippen LogP contribution in [-0.4, -0.2) is 40.5 Å². The van der Waals surface area contributed by atoms with Crippen molar-refractivity contribution in [1.82, 2.24) is 25.5 Å². The van der Waals surface area contributed by atoms with Crippen LogP contribution in [0.2, 0.25) is 0 Å². The van der Waals surface area contributed by atoms with Crippen LogP contribution >= 0.6 is 15.9 Å². The lowest BCUT2D eigenvalue weighted by molar-refractivity contribution is 0.199. The summed E-state index contributed by atoms with van der Waals surface area (Å²) in [5.41, 5.74) is 0.937. The second kappa shape index (κ2) is 6.58. The maximum Gasteiger partial charge on any atom is 0.170 e. The van der Waals surface area contributed by atoms with Crippen molar-refractivity contribution < 1.29 is 4.74 Å². The topological polar surface area (TPSA) is 64.9 Å². The van der Waals surface area contributed by atoms with E-state index in [9.17, 15) is 0 Å². The smallest absolute Gasteiger partial charge is 0.170 e. The van der Waals surface area contributed by atoms with Crippen molar-refractivity contribution >= 4 is 15.9 Å². The van der Waals surface area contributed by atoms with E-state index in [0.29, 0.717) is 13.2 Å². The summed E-state index contributed by atoms with van der Waals surface area (Å²) in [5, 5.41) is 14.9. The first-order valence-electron chi connectivity index (χ1n) is 5.54. The number of halogens is 1. The Bertz CT molecular complexity index is 484. The minimum atomic E-state index is 0.604. The Morgan fingerprint density at radius 1 is 1.33 bits per heavy atom. The van der Waals surface area contributed by atoms with Crippen LogP contribution in [0.1, 0.15) is 5.82 Å². The van der Waals surface area contributed by atoms with E-state index in [4.69, 9.17) is 4.74 Å². The highest BCUT2D eigenvalue weighted by Gasteiger charge is 2.07. The lowest BCUT2D eigenvalue weighted by Gasteiger charge is -2.05. The summed E-state index contributed by atoms with van der Waals surface area (Å²) in [7, 11) is 1.67. The third-order valence-electron chi connectivity index (χ3n) is 2.37. The predicted octanol–water partition coefficient (Wildman–Crippen LogP) is 1.16. The van der Waals surface area contributed by atoms with Crippen molar-refractivity contribution in [3.05, 3.63) is 34.6 Å². The van der Waals surface area contributed by atoms with Gasteiger partial charge in [-0.1, -0.05) is 15.9 Å². The zero-order chi connectivity index (χ0) is 12.8. The second-order valence-corrected chi connectivity index (χ2v) is 4.57. The number of benzene rings is 1. The van der Waals surface area contributed by atoms with Crippen LogP contribution in [0.5, 0.6) is 0 Å². The molecule has 1 aromatic carbocycles. The van der Waals surface area contributed by atoms with Gasteiger partial charge in [0.05, 0.1) is 18.8 Å². The first kappa shape index (κ1) is 13.1. The summed E-state index contributed by atoms with van der Waals surface area (Å²) >= 11 is 3.40. The average molecular weight is 312 g/mol. The Morgan fingerprint density at radius 3 is 2.83 bits per heavy atom. The molecule has 2 aromatic rings. The third kappa shape index (κ3) is 3.34. The van der Waals surface area contributed by atoms with E-state index in [-0.39, 0.29) is 0 Å². The van der Waals surface area contributed by atoms with Gasteiger partial charge in [0.2, 0.25) is 0 Å². The number of hydrogen-bond donors (Lipinski definition) is 1. The number of methoxy groups -OCH3 is 1. The van der Waals surface area contributed by atoms with Gasteiger partial charge in [0.25, 0.3) is 0 Å². The molecule has 1 N–H and O–H groups in total. The largest absolute Gasteiger partial charge is 0.383 e. The fourth-order valence-electron chi connectivity index (χ4n) is 1.47. The Hall–Kier alpha value is -1.31. The molecule has 0 unspecified atom stereocenters. The van der Waals surface area contributed by atoms with Crippen LogP contribution in [0.15, 0.2) is 28.7 Å². The standard InChI is InChI=1S/C11H14BrN5O/c1-18-7-6-13-8-11-14-15-16-17(11)10-4-2-9(12)3-5-10/h2-5,13H,6-8H2,1H3. The van der Waals surface area contributed by atoms with Crippen molar-refractivity contribution in [3.63, 3.8) is 0 Å². The first-order valence-corrected chi connectivity index (χ1v) is 6.33. The molecule has 96 valence electrons. The Balaban J connectivity index is 2.05. The lowest BCUT2D eigenvalue weighted by Crippen LogP contribution is -2.21. The number of nitrogens with zero attached hydrogens (tertiary/aromatic N) is 4. The molecule has 0 spiro atoms. The van der Waals surface area contributed by atoms with Crippen molar-refractivity contribution in [1.29, 1.82) is 0 Å². The molecule has 0 fully saturated rings. The van der Waals surface area contributed by atoms with Crippen LogP contribution in [0.4, 0.5) is 0 Å². The van der Waals surface area contributed by atoms with Gasteiger partial charge in [-0.25, -0.2) is 0 Å². The van der Waals surface area contributed by atoms with E-state index < -0.39 is 0 Å². The highest BCUT2D eigenvalue weighted by atomic mass is 79.9. The molecular formula is C11H14BrN5O. The fourth-order valence-corrected chi connectivity index (χ4v) is 1.74. The van der Waals surface area contributed by atoms with Gasteiger partial charge in [-0.15, -0.1) is 5.10 Å². The number of rotatable bonds is 6.